The number of halogens is 1. The molecule has 0 aromatic carbocycles. The second kappa shape index (κ2) is 8.26. The van der Waals surface area contributed by atoms with Gasteiger partial charge in [-0.15, -0.1) is 11.3 Å². The molecule has 2 amide bonds. The van der Waals surface area contributed by atoms with E-state index in [0.717, 1.165) is 0 Å². The fourth-order valence-corrected chi connectivity index (χ4v) is 4.19. The normalized spacial score (nSPS) is 18.0. The van der Waals surface area contributed by atoms with E-state index < -0.39 is 17.5 Å². The lowest BCUT2D eigenvalue weighted by Crippen LogP contribution is -2.47. The summed E-state index contributed by atoms with van der Waals surface area (Å²) in [7, 11) is 0. The van der Waals surface area contributed by atoms with Gasteiger partial charge in [-0.2, -0.15) is 0 Å². The van der Waals surface area contributed by atoms with Crippen LogP contribution in [0.5, 0.6) is 0 Å². The van der Waals surface area contributed by atoms with E-state index in [1.54, 1.807) is 23.3 Å². The number of nitrogens with one attached hydrogen (secondary N) is 1. The average molecular weight is 414 g/mol. The van der Waals surface area contributed by atoms with Crippen molar-refractivity contribution in [2.45, 2.75) is 31.8 Å². The number of piperidine rings is 1. The molecule has 1 N–H and O–H groups in total. The number of carbonyl (C=O) groups excluding carboxylic acids is 3. The Morgan fingerprint density at radius 1 is 1.41 bits per heavy atom. The van der Waals surface area contributed by atoms with Crippen molar-refractivity contribution in [1.82, 2.24) is 10.2 Å². The summed E-state index contributed by atoms with van der Waals surface area (Å²) in [5, 5.41) is 8.63. The number of carbonyl (C=O) groups is 3. The molecule has 0 radical (unpaired) electrons. The molecule has 10 heteroatoms. The van der Waals surface area contributed by atoms with Crippen molar-refractivity contribution in [2.75, 3.05) is 26.2 Å². The Balaban J connectivity index is 1.50. The van der Waals surface area contributed by atoms with Gasteiger partial charge in [-0.25, -0.2) is 0 Å². The van der Waals surface area contributed by atoms with Crippen molar-refractivity contribution in [2.24, 2.45) is 5.16 Å². The third kappa shape index (κ3) is 4.41. The summed E-state index contributed by atoms with van der Waals surface area (Å²) in [5.74, 6) is -1.03. The Bertz CT molecular complexity index is 770. The Morgan fingerprint density at radius 2 is 2.15 bits per heavy atom. The van der Waals surface area contributed by atoms with Crippen LogP contribution >= 0.6 is 22.9 Å². The molecule has 3 heterocycles. The fourth-order valence-electron chi connectivity index (χ4n) is 3.09. The fraction of sp³-hybridized carbons (Fsp3) is 0.529. The molecule has 3 rings (SSSR count). The first kappa shape index (κ1) is 19.6. The average Bonchev–Trinajstić information content (AvgIpc) is 3.27. The van der Waals surface area contributed by atoms with Crippen LogP contribution in [-0.4, -0.2) is 60.2 Å². The molecule has 0 bridgehead atoms. The molecule has 1 fully saturated rings. The van der Waals surface area contributed by atoms with E-state index in [9.17, 15) is 14.4 Å². The van der Waals surface area contributed by atoms with Gasteiger partial charge in [0.05, 0.1) is 11.6 Å². The van der Waals surface area contributed by atoms with Gasteiger partial charge in [0.1, 0.15) is 22.7 Å². The van der Waals surface area contributed by atoms with E-state index >= 15 is 0 Å². The van der Waals surface area contributed by atoms with Crippen LogP contribution in [0.4, 0.5) is 0 Å². The SMILES string of the molecule is CCOC(=O)CNC(=O)C1=NOC2(CCN(C(=O)c3sccc3Cl)CC2)C1. The highest BCUT2D eigenvalue weighted by atomic mass is 35.5. The van der Waals surface area contributed by atoms with Crippen molar-refractivity contribution in [3.63, 3.8) is 0 Å². The molecule has 1 spiro atoms. The van der Waals surface area contributed by atoms with Crippen molar-refractivity contribution < 1.29 is 24.0 Å². The minimum Gasteiger partial charge on any atom is -0.465 e. The molecule has 1 aromatic heterocycles. The van der Waals surface area contributed by atoms with Gasteiger partial charge in [0.15, 0.2) is 0 Å². The first-order valence-electron chi connectivity index (χ1n) is 8.65. The standard InChI is InChI=1S/C17H20ClN3O5S/c1-2-25-13(22)10-19-15(23)12-9-17(26-20-12)4-6-21(7-5-17)16(24)14-11(18)3-8-27-14/h3,8H,2,4-7,9-10H2,1H3,(H,19,23). The molecule has 0 atom stereocenters. The van der Waals surface area contributed by atoms with Crippen molar-refractivity contribution in [3.05, 3.63) is 21.3 Å². The number of ether oxygens (including phenoxy) is 1. The Labute approximate surface area is 165 Å². The summed E-state index contributed by atoms with van der Waals surface area (Å²) in [6.07, 6.45) is 1.49. The second-order valence-electron chi connectivity index (χ2n) is 6.37. The molecule has 0 unspecified atom stereocenters. The Morgan fingerprint density at radius 3 is 2.78 bits per heavy atom. The number of thiophene rings is 1. The third-order valence-corrected chi connectivity index (χ3v) is 5.90. The predicted molar refractivity (Wildman–Crippen MR) is 100.0 cm³/mol. The van der Waals surface area contributed by atoms with Crippen LogP contribution in [0.1, 0.15) is 35.9 Å². The van der Waals surface area contributed by atoms with Crippen LogP contribution in [0.25, 0.3) is 0 Å². The monoisotopic (exact) mass is 413 g/mol. The summed E-state index contributed by atoms with van der Waals surface area (Å²) >= 11 is 7.37. The molecule has 2 aliphatic rings. The predicted octanol–water partition coefficient (Wildman–Crippen LogP) is 1.83. The number of hydrogen-bond donors (Lipinski definition) is 1. The number of nitrogens with zero attached hydrogens (tertiary/aromatic N) is 2. The van der Waals surface area contributed by atoms with E-state index in [-0.39, 0.29) is 24.8 Å². The summed E-state index contributed by atoms with van der Waals surface area (Å²) in [6, 6.07) is 1.71. The van der Waals surface area contributed by atoms with Gasteiger partial charge in [0.2, 0.25) is 0 Å². The number of oxime groups is 1. The first-order chi connectivity index (χ1) is 12.9. The Hall–Kier alpha value is -2.13. The van der Waals surface area contributed by atoms with Gasteiger partial charge >= 0.3 is 5.97 Å². The van der Waals surface area contributed by atoms with Crippen LogP contribution in [0.3, 0.4) is 0 Å². The van der Waals surface area contributed by atoms with Crippen LogP contribution in [0.15, 0.2) is 16.6 Å². The van der Waals surface area contributed by atoms with Crippen molar-refractivity contribution >= 4 is 46.4 Å². The number of rotatable bonds is 5. The van der Waals surface area contributed by atoms with E-state index in [1.165, 1.54) is 11.3 Å². The number of esters is 1. The van der Waals surface area contributed by atoms with Crippen LogP contribution in [-0.2, 0) is 19.2 Å². The van der Waals surface area contributed by atoms with Crippen LogP contribution < -0.4 is 5.32 Å². The maximum atomic E-state index is 12.5. The molecule has 27 heavy (non-hydrogen) atoms. The molecule has 146 valence electrons. The minimum absolute atomic E-state index is 0.0869. The van der Waals surface area contributed by atoms with Crippen LogP contribution in [0.2, 0.25) is 5.02 Å². The van der Waals surface area contributed by atoms with E-state index in [2.05, 4.69) is 10.5 Å². The lowest BCUT2D eigenvalue weighted by atomic mass is 9.86. The highest BCUT2D eigenvalue weighted by molar-refractivity contribution is 7.12. The maximum absolute atomic E-state index is 12.5. The van der Waals surface area contributed by atoms with Gasteiger partial charge in [-0.3, -0.25) is 14.4 Å². The smallest absolute Gasteiger partial charge is 0.325 e. The van der Waals surface area contributed by atoms with Gasteiger partial charge in [0, 0.05) is 32.4 Å². The number of hydrogen-bond acceptors (Lipinski definition) is 7. The van der Waals surface area contributed by atoms with E-state index in [4.69, 9.17) is 21.2 Å². The van der Waals surface area contributed by atoms with Crippen molar-refractivity contribution in [3.8, 4) is 0 Å². The maximum Gasteiger partial charge on any atom is 0.325 e. The number of likely N-dealkylation sites (tertiary alicyclic amines) is 1. The molecule has 2 aliphatic heterocycles. The van der Waals surface area contributed by atoms with Gasteiger partial charge in [0.25, 0.3) is 11.8 Å². The highest BCUT2D eigenvalue weighted by Gasteiger charge is 2.44. The van der Waals surface area contributed by atoms with Crippen LogP contribution in [0, 0.1) is 0 Å². The zero-order valence-electron chi connectivity index (χ0n) is 14.8. The molecular formula is C17H20ClN3O5S. The lowest BCUT2D eigenvalue weighted by Gasteiger charge is -2.37. The van der Waals surface area contributed by atoms with E-state index in [0.29, 0.717) is 42.3 Å². The summed E-state index contributed by atoms with van der Waals surface area (Å²) < 4.78 is 4.77. The highest BCUT2D eigenvalue weighted by Crippen LogP contribution is 2.35. The molecular weight excluding hydrogens is 394 g/mol. The zero-order chi connectivity index (χ0) is 19.4. The molecule has 1 aromatic rings. The molecule has 0 saturated carbocycles. The molecule has 1 saturated heterocycles. The Kier molecular flexibility index (Phi) is 6.01. The van der Waals surface area contributed by atoms with E-state index in [1.807, 2.05) is 0 Å². The first-order valence-corrected chi connectivity index (χ1v) is 9.91. The number of amides is 2. The third-order valence-electron chi connectivity index (χ3n) is 4.57. The second-order valence-corrected chi connectivity index (χ2v) is 7.69. The lowest BCUT2D eigenvalue weighted by molar-refractivity contribution is -0.142. The summed E-state index contributed by atoms with van der Waals surface area (Å²) in [4.78, 5) is 43.8. The minimum atomic E-state index is -0.577. The topological polar surface area (TPSA) is 97.3 Å². The molecule has 8 nitrogen and oxygen atoms in total. The van der Waals surface area contributed by atoms with Gasteiger partial charge < -0.3 is 19.8 Å². The van der Waals surface area contributed by atoms with Gasteiger partial charge in [-0.05, 0) is 18.4 Å². The van der Waals surface area contributed by atoms with Crippen molar-refractivity contribution in [1.29, 1.82) is 0 Å². The zero-order valence-corrected chi connectivity index (χ0v) is 16.4. The largest absolute Gasteiger partial charge is 0.465 e. The van der Waals surface area contributed by atoms with Gasteiger partial charge in [-0.1, -0.05) is 16.8 Å². The summed E-state index contributed by atoms with van der Waals surface area (Å²) in [5.41, 5.74) is -0.326. The quantitative estimate of drug-likeness (QED) is 0.743. The molecule has 0 aliphatic carbocycles. The summed E-state index contributed by atoms with van der Waals surface area (Å²) in [6.45, 7) is 2.75.